The van der Waals surface area contributed by atoms with E-state index in [0.29, 0.717) is 5.71 Å². The minimum absolute atomic E-state index is 0.215. The summed E-state index contributed by atoms with van der Waals surface area (Å²) in [5.41, 5.74) is 5.47. The number of phenolic OH excluding ortho intramolecular Hbond substituents is 1. The van der Waals surface area contributed by atoms with Crippen LogP contribution in [0.3, 0.4) is 0 Å². The number of pyridine rings is 1. The Morgan fingerprint density at radius 1 is 1.09 bits per heavy atom. The smallest absolute Gasteiger partial charge is 0.115 e. The van der Waals surface area contributed by atoms with Gasteiger partial charge in [-0.05, 0) is 49.7 Å². The SMILES string of the molecule is Cc1cc(/C(=N/N)c2ccc(O)cc2)c2cccc(C)c2n1. The molecule has 2 aromatic carbocycles. The van der Waals surface area contributed by atoms with Gasteiger partial charge >= 0.3 is 0 Å². The van der Waals surface area contributed by atoms with Crippen LogP contribution in [-0.4, -0.2) is 15.8 Å². The molecule has 0 bridgehead atoms. The van der Waals surface area contributed by atoms with Crippen LogP contribution in [0, 0.1) is 13.8 Å². The van der Waals surface area contributed by atoms with Crippen LogP contribution >= 0.6 is 0 Å². The maximum Gasteiger partial charge on any atom is 0.115 e. The number of benzene rings is 2. The van der Waals surface area contributed by atoms with Gasteiger partial charge in [0.1, 0.15) is 5.75 Å². The van der Waals surface area contributed by atoms with E-state index >= 15 is 0 Å². The third-order valence-corrected chi connectivity index (χ3v) is 3.69. The van der Waals surface area contributed by atoms with Crippen molar-refractivity contribution in [3.8, 4) is 5.75 Å². The molecule has 0 saturated heterocycles. The summed E-state index contributed by atoms with van der Waals surface area (Å²) in [4.78, 5) is 4.62. The van der Waals surface area contributed by atoms with Crippen LogP contribution in [0.15, 0.2) is 53.6 Å². The highest BCUT2D eigenvalue weighted by Crippen LogP contribution is 2.24. The number of hydrogen-bond donors (Lipinski definition) is 2. The predicted octanol–water partition coefficient (Wildman–Crippen LogP) is 3.27. The summed E-state index contributed by atoms with van der Waals surface area (Å²) >= 11 is 0. The maximum atomic E-state index is 9.45. The van der Waals surface area contributed by atoms with Gasteiger partial charge in [-0.2, -0.15) is 5.10 Å². The van der Waals surface area contributed by atoms with Crippen LogP contribution in [0.25, 0.3) is 10.9 Å². The molecule has 0 saturated carbocycles. The fourth-order valence-corrected chi connectivity index (χ4v) is 2.63. The molecule has 3 aromatic rings. The minimum atomic E-state index is 0.215. The number of nitrogens with zero attached hydrogens (tertiary/aromatic N) is 2. The van der Waals surface area contributed by atoms with Crippen molar-refractivity contribution in [1.29, 1.82) is 0 Å². The summed E-state index contributed by atoms with van der Waals surface area (Å²) in [5.74, 6) is 5.87. The summed E-state index contributed by atoms with van der Waals surface area (Å²) in [6.07, 6.45) is 0. The van der Waals surface area contributed by atoms with Crippen molar-refractivity contribution in [2.75, 3.05) is 0 Å². The molecule has 0 radical (unpaired) electrons. The Kier molecular flexibility index (Phi) is 3.51. The van der Waals surface area contributed by atoms with Gasteiger partial charge in [-0.3, -0.25) is 4.98 Å². The van der Waals surface area contributed by atoms with E-state index in [-0.39, 0.29) is 5.75 Å². The normalized spacial score (nSPS) is 11.8. The van der Waals surface area contributed by atoms with Crippen LogP contribution in [-0.2, 0) is 0 Å². The number of aryl methyl sites for hydroxylation is 2. The number of aromatic hydroxyl groups is 1. The van der Waals surface area contributed by atoms with Crippen molar-refractivity contribution in [2.45, 2.75) is 13.8 Å². The summed E-state index contributed by atoms with van der Waals surface area (Å²) in [6.45, 7) is 4.00. The Hall–Kier alpha value is -2.88. The number of phenols is 1. The number of aromatic nitrogens is 1. The Bertz CT molecular complexity index is 867. The fourth-order valence-electron chi connectivity index (χ4n) is 2.63. The van der Waals surface area contributed by atoms with Crippen molar-refractivity contribution in [1.82, 2.24) is 4.98 Å². The van der Waals surface area contributed by atoms with E-state index in [1.54, 1.807) is 24.3 Å². The van der Waals surface area contributed by atoms with Crippen LogP contribution in [0.2, 0.25) is 0 Å². The van der Waals surface area contributed by atoms with Gasteiger partial charge in [0, 0.05) is 22.2 Å². The lowest BCUT2D eigenvalue weighted by atomic mass is 9.96. The molecule has 0 aliphatic carbocycles. The number of nitrogens with two attached hydrogens (primary N) is 1. The summed E-state index contributed by atoms with van der Waals surface area (Å²) < 4.78 is 0. The molecule has 3 rings (SSSR count). The number of hydrogen-bond acceptors (Lipinski definition) is 4. The first-order valence-corrected chi connectivity index (χ1v) is 7.05. The summed E-state index contributed by atoms with van der Waals surface area (Å²) in [7, 11) is 0. The van der Waals surface area contributed by atoms with Crippen LogP contribution in [0.1, 0.15) is 22.4 Å². The van der Waals surface area contributed by atoms with Gasteiger partial charge < -0.3 is 10.9 Å². The largest absolute Gasteiger partial charge is 0.508 e. The lowest BCUT2D eigenvalue weighted by molar-refractivity contribution is 0.475. The molecule has 0 amide bonds. The van der Waals surface area contributed by atoms with E-state index in [0.717, 1.165) is 33.3 Å². The van der Waals surface area contributed by atoms with E-state index in [4.69, 9.17) is 5.84 Å². The van der Waals surface area contributed by atoms with Gasteiger partial charge in [0.2, 0.25) is 0 Å². The molecule has 110 valence electrons. The van der Waals surface area contributed by atoms with Gasteiger partial charge in [-0.1, -0.05) is 18.2 Å². The summed E-state index contributed by atoms with van der Waals surface area (Å²) in [5, 5.41) is 14.5. The van der Waals surface area contributed by atoms with Crippen molar-refractivity contribution >= 4 is 16.6 Å². The van der Waals surface area contributed by atoms with E-state index in [2.05, 4.69) is 10.1 Å². The Labute approximate surface area is 128 Å². The molecule has 1 aromatic heterocycles. The zero-order chi connectivity index (χ0) is 15.7. The molecule has 3 N–H and O–H groups in total. The van der Waals surface area contributed by atoms with E-state index in [1.165, 1.54) is 0 Å². The molecule has 1 heterocycles. The lowest BCUT2D eigenvalue weighted by Gasteiger charge is -2.12. The van der Waals surface area contributed by atoms with E-state index < -0.39 is 0 Å². The summed E-state index contributed by atoms with van der Waals surface area (Å²) in [6, 6.07) is 14.9. The molecule has 0 aliphatic heterocycles. The van der Waals surface area contributed by atoms with Crippen molar-refractivity contribution < 1.29 is 5.11 Å². The van der Waals surface area contributed by atoms with Gasteiger partial charge in [-0.15, -0.1) is 0 Å². The average Bonchev–Trinajstić information content (AvgIpc) is 2.51. The van der Waals surface area contributed by atoms with Gasteiger partial charge in [0.25, 0.3) is 0 Å². The van der Waals surface area contributed by atoms with Crippen LogP contribution in [0.5, 0.6) is 5.75 Å². The average molecular weight is 291 g/mol. The third kappa shape index (κ3) is 2.39. The predicted molar refractivity (Wildman–Crippen MR) is 89.2 cm³/mol. The second-order valence-electron chi connectivity index (χ2n) is 5.31. The van der Waals surface area contributed by atoms with Crippen LogP contribution in [0.4, 0.5) is 0 Å². The van der Waals surface area contributed by atoms with Crippen molar-refractivity contribution in [3.05, 3.63) is 70.9 Å². The first-order valence-electron chi connectivity index (χ1n) is 7.05. The highest BCUT2D eigenvalue weighted by Gasteiger charge is 2.13. The highest BCUT2D eigenvalue weighted by molar-refractivity contribution is 6.19. The lowest BCUT2D eigenvalue weighted by Crippen LogP contribution is -2.08. The molecule has 0 unspecified atom stereocenters. The first-order chi connectivity index (χ1) is 10.6. The fraction of sp³-hybridized carbons (Fsp3) is 0.111. The van der Waals surface area contributed by atoms with Gasteiger partial charge in [0.05, 0.1) is 11.2 Å². The number of fused-ring (bicyclic) bond motifs is 1. The topological polar surface area (TPSA) is 71.5 Å². The van der Waals surface area contributed by atoms with E-state index in [9.17, 15) is 5.11 Å². The second kappa shape index (κ2) is 5.48. The molecular weight excluding hydrogens is 274 g/mol. The highest BCUT2D eigenvalue weighted by atomic mass is 16.3. The minimum Gasteiger partial charge on any atom is -0.508 e. The zero-order valence-electron chi connectivity index (χ0n) is 12.5. The first kappa shape index (κ1) is 14.1. The van der Waals surface area contributed by atoms with Gasteiger partial charge in [-0.25, -0.2) is 0 Å². The van der Waals surface area contributed by atoms with E-state index in [1.807, 2.05) is 38.1 Å². The molecule has 22 heavy (non-hydrogen) atoms. The molecule has 0 spiro atoms. The molecule has 4 heteroatoms. The Balaban J connectivity index is 2.28. The number of para-hydroxylation sites is 1. The number of rotatable bonds is 2. The molecule has 4 nitrogen and oxygen atoms in total. The second-order valence-corrected chi connectivity index (χ2v) is 5.31. The van der Waals surface area contributed by atoms with Crippen molar-refractivity contribution in [3.63, 3.8) is 0 Å². The maximum absolute atomic E-state index is 9.45. The van der Waals surface area contributed by atoms with Gasteiger partial charge in [0.15, 0.2) is 0 Å². The Morgan fingerprint density at radius 2 is 1.82 bits per heavy atom. The molecule has 0 atom stereocenters. The van der Waals surface area contributed by atoms with Crippen molar-refractivity contribution in [2.24, 2.45) is 10.9 Å². The molecular formula is C18H17N3O. The zero-order valence-corrected chi connectivity index (χ0v) is 12.5. The molecule has 0 aliphatic rings. The monoisotopic (exact) mass is 291 g/mol. The number of hydrazone groups is 1. The van der Waals surface area contributed by atoms with Crippen LogP contribution < -0.4 is 5.84 Å². The Morgan fingerprint density at radius 3 is 2.50 bits per heavy atom. The third-order valence-electron chi connectivity index (χ3n) is 3.69. The standard InChI is InChI=1S/C18H17N3O/c1-11-4-3-5-15-16(10-12(2)20-17(11)15)18(21-19)13-6-8-14(22)9-7-13/h3-10,22H,19H2,1-2H3/b21-18+. The quantitative estimate of drug-likeness (QED) is 0.432. The molecule has 0 fully saturated rings.